The van der Waals surface area contributed by atoms with Gasteiger partial charge in [0, 0.05) is 0 Å². The zero-order chi connectivity index (χ0) is 13.8. The predicted octanol–water partition coefficient (Wildman–Crippen LogP) is 5.98. The first-order valence-electron chi connectivity index (χ1n) is 8.04. The van der Waals surface area contributed by atoms with Crippen LogP contribution in [0.5, 0.6) is 0 Å². The van der Waals surface area contributed by atoms with E-state index in [1.54, 1.807) is 0 Å². The van der Waals surface area contributed by atoms with Crippen LogP contribution in [-0.4, -0.2) is 12.3 Å². The summed E-state index contributed by atoms with van der Waals surface area (Å²) in [5.41, 5.74) is 0. The van der Waals surface area contributed by atoms with E-state index in [-0.39, 0.29) is 0 Å². The highest BCUT2D eigenvalue weighted by molar-refractivity contribution is 7.44. The van der Waals surface area contributed by atoms with Gasteiger partial charge in [-0.3, -0.25) is 0 Å². The molecule has 0 aromatic rings. The maximum atomic E-state index is 11.8. The molecular formula is C16H35OP. The van der Waals surface area contributed by atoms with Crippen LogP contribution in [0.4, 0.5) is 0 Å². The van der Waals surface area contributed by atoms with Crippen molar-refractivity contribution >= 4 is 7.80 Å². The van der Waals surface area contributed by atoms with Crippen molar-refractivity contribution in [3.05, 3.63) is 0 Å². The SMILES string of the molecule is CC(C)CCCCC[PH](=O)CCCCCC(C)C. The Morgan fingerprint density at radius 3 is 1.39 bits per heavy atom. The van der Waals surface area contributed by atoms with E-state index < -0.39 is 7.80 Å². The maximum absolute atomic E-state index is 11.8. The Labute approximate surface area is 116 Å². The molecule has 0 heterocycles. The van der Waals surface area contributed by atoms with Gasteiger partial charge in [-0.2, -0.15) is 0 Å². The summed E-state index contributed by atoms with van der Waals surface area (Å²) >= 11 is 0. The Hall–Kier alpha value is 0.230. The summed E-state index contributed by atoms with van der Waals surface area (Å²) in [6, 6.07) is 0. The molecule has 0 unspecified atom stereocenters. The summed E-state index contributed by atoms with van der Waals surface area (Å²) in [5.74, 6) is 1.64. The van der Waals surface area contributed by atoms with Crippen LogP contribution in [0.15, 0.2) is 0 Å². The van der Waals surface area contributed by atoms with Gasteiger partial charge in [0.2, 0.25) is 0 Å². The van der Waals surface area contributed by atoms with Crippen molar-refractivity contribution in [1.29, 1.82) is 0 Å². The zero-order valence-electron chi connectivity index (χ0n) is 13.1. The highest BCUT2D eigenvalue weighted by Crippen LogP contribution is 2.25. The van der Waals surface area contributed by atoms with Gasteiger partial charge in [-0.25, -0.2) is 0 Å². The molecule has 18 heavy (non-hydrogen) atoms. The molecular weight excluding hydrogens is 239 g/mol. The topological polar surface area (TPSA) is 17.1 Å². The van der Waals surface area contributed by atoms with Gasteiger partial charge >= 0.3 is 0 Å². The van der Waals surface area contributed by atoms with E-state index in [4.69, 9.17) is 0 Å². The molecule has 0 aromatic heterocycles. The first-order valence-corrected chi connectivity index (χ1v) is 9.86. The Morgan fingerprint density at radius 2 is 1.06 bits per heavy atom. The third-order valence-corrected chi connectivity index (χ3v) is 5.30. The molecule has 1 nitrogen and oxygen atoms in total. The van der Waals surface area contributed by atoms with Crippen molar-refractivity contribution in [2.24, 2.45) is 11.8 Å². The second-order valence-corrected chi connectivity index (χ2v) is 8.60. The standard InChI is InChI=1S/C16H35OP/c1-15(2)11-7-5-9-13-18(17)14-10-6-8-12-16(3)4/h15-16,18H,5-14H2,1-4H3. The molecule has 0 saturated heterocycles. The van der Waals surface area contributed by atoms with Crippen molar-refractivity contribution in [2.75, 3.05) is 12.3 Å². The molecule has 0 aliphatic carbocycles. The van der Waals surface area contributed by atoms with Crippen molar-refractivity contribution in [1.82, 2.24) is 0 Å². The van der Waals surface area contributed by atoms with Crippen LogP contribution in [-0.2, 0) is 4.57 Å². The summed E-state index contributed by atoms with van der Waals surface area (Å²) < 4.78 is 11.8. The normalized spacial score (nSPS) is 11.9. The summed E-state index contributed by atoms with van der Waals surface area (Å²) in [5, 5.41) is 0. The fourth-order valence-corrected chi connectivity index (χ4v) is 3.77. The fraction of sp³-hybridized carbons (Fsp3) is 1.00. The van der Waals surface area contributed by atoms with Crippen molar-refractivity contribution in [3.8, 4) is 0 Å². The van der Waals surface area contributed by atoms with Crippen LogP contribution in [0.25, 0.3) is 0 Å². The first kappa shape index (κ1) is 18.2. The monoisotopic (exact) mass is 274 g/mol. The van der Waals surface area contributed by atoms with E-state index in [2.05, 4.69) is 27.7 Å². The Balaban J connectivity index is 3.22. The molecule has 0 spiro atoms. The molecule has 0 saturated carbocycles. The summed E-state index contributed by atoms with van der Waals surface area (Å²) in [6.45, 7) is 9.11. The molecule has 0 atom stereocenters. The third kappa shape index (κ3) is 14.3. The fourth-order valence-electron chi connectivity index (χ4n) is 2.23. The largest absolute Gasteiger partial charge is 0.327 e. The second kappa shape index (κ2) is 12.3. The lowest BCUT2D eigenvalue weighted by Crippen LogP contribution is -1.90. The molecule has 0 bridgehead atoms. The Kier molecular flexibility index (Phi) is 12.4. The molecule has 0 aliphatic heterocycles. The van der Waals surface area contributed by atoms with E-state index in [1.807, 2.05) is 0 Å². The number of hydrogen-bond donors (Lipinski definition) is 0. The Bertz CT molecular complexity index is 179. The van der Waals surface area contributed by atoms with Gasteiger partial charge in [-0.05, 0) is 37.0 Å². The van der Waals surface area contributed by atoms with Crippen LogP contribution < -0.4 is 0 Å². The maximum Gasteiger partial charge on any atom is 0.0762 e. The minimum absolute atomic E-state index is 0.822. The lowest BCUT2D eigenvalue weighted by Gasteiger charge is -2.06. The predicted molar refractivity (Wildman–Crippen MR) is 85.3 cm³/mol. The molecule has 0 aromatic carbocycles. The lowest BCUT2D eigenvalue weighted by molar-refractivity contribution is 0.529. The molecule has 0 radical (unpaired) electrons. The van der Waals surface area contributed by atoms with Gasteiger partial charge in [0.25, 0.3) is 0 Å². The van der Waals surface area contributed by atoms with E-state index in [0.29, 0.717) is 0 Å². The molecule has 0 rings (SSSR count). The van der Waals surface area contributed by atoms with Gasteiger partial charge in [0.05, 0.1) is 7.80 Å². The molecule has 2 heteroatoms. The third-order valence-electron chi connectivity index (χ3n) is 3.47. The highest BCUT2D eigenvalue weighted by atomic mass is 31.1. The van der Waals surface area contributed by atoms with Crippen molar-refractivity contribution in [3.63, 3.8) is 0 Å². The Morgan fingerprint density at radius 1 is 0.667 bits per heavy atom. The van der Waals surface area contributed by atoms with Crippen molar-refractivity contribution in [2.45, 2.75) is 79.1 Å². The number of rotatable bonds is 12. The van der Waals surface area contributed by atoms with Crippen LogP contribution in [0, 0.1) is 11.8 Å². The molecule has 0 fully saturated rings. The summed E-state index contributed by atoms with van der Waals surface area (Å²) in [4.78, 5) is 0. The quantitative estimate of drug-likeness (QED) is 0.316. The van der Waals surface area contributed by atoms with E-state index in [1.165, 1.54) is 51.4 Å². The van der Waals surface area contributed by atoms with Crippen LogP contribution >= 0.6 is 7.80 Å². The minimum Gasteiger partial charge on any atom is -0.327 e. The second-order valence-electron chi connectivity index (χ2n) is 6.53. The van der Waals surface area contributed by atoms with E-state index in [9.17, 15) is 4.57 Å². The van der Waals surface area contributed by atoms with Crippen LogP contribution in [0.1, 0.15) is 79.1 Å². The molecule has 0 aliphatic rings. The minimum atomic E-state index is -1.24. The van der Waals surface area contributed by atoms with Crippen molar-refractivity contribution < 1.29 is 4.57 Å². The van der Waals surface area contributed by atoms with Crippen LogP contribution in [0.3, 0.4) is 0 Å². The smallest absolute Gasteiger partial charge is 0.0762 e. The van der Waals surface area contributed by atoms with Gasteiger partial charge in [-0.1, -0.05) is 66.2 Å². The molecule has 110 valence electrons. The average Bonchev–Trinajstić information content (AvgIpc) is 2.27. The van der Waals surface area contributed by atoms with Gasteiger partial charge in [0.15, 0.2) is 0 Å². The lowest BCUT2D eigenvalue weighted by atomic mass is 10.1. The molecule has 0 amide bonds. The molecule has 0 N–H and O–H groups in total. The summed E-state index contributed by atoms with van der Waals surface area (Å²) in [7, 11) is -1.24. The van der Waals surface area contributed by atoms with Crippen LogP contribution in [0.2, 0.25) is 0 Å². The van der Waals surface area contributed by atoms with Gasteiger partial charge in [-0.15, -0.1) is 0 Å². The number of hydrogen-bond acceptors (Lipinski definition) is 1. The zero-order valence-corrected chi connectivity index (χ0v) is 14.1. The average molecular weight is 274 g/mol. The van der Waals surface area contributed by atoms with E-state index >= 15 is 0 Å². The summed E-state index contributed by atoms with van der Waals surface area (Å²) in [6.07, 6.45) is 12.3. The van der Waals surface area contributed by atoms with Gasteiger partial charge < -0.3 is 4.57 Å². The van der Waals surface area contributed by atoms with E-state index in [0.717, 1.165) is 24.2 Å². The van der Waals surface area contributed by atoms with Gasteiger partial charge in [0.1, 0.15) is 0 Å². The number of unbranched alkanes of at least 4 members (excludes halogenated alkanes) is 4. The highest BCUT2D eigenvalue weighted by Gasteiger charge is 2.01. The first-order chi connectivity index (χ1) is 8.52.